The first-order chi connectivity index (χ1) is 13.8. The van der Waals surface area contributed by atoms with E-state index in [1.54, 1.807) is 0 Å². The maximum absolute atomic E-state index is 10.9. The van der Waals surface area contributed by atoms with Crippen LogP contribution < -0.4 is 0 Å². The van der Waals surface area contributed by atoms with Crippen LogP contribution in [0, 0.1) is 29.1 Å². The Bertz CT molecular complexity index is 624. The van der Waals surface area contributed by atoms with Gasteiger partial charge in [-0.2, -0.15) is 0 Å². The summed E-state index contributed by atoms with van der Waals surface area (Å²) in [6.07, 6.45) is 16.2. The number of hydrogen-bond donors (Lipinski definition) is 3. The number of aliphatic hydroxyl groups is 2. The lowest BCUT2D eigenvalue weighted by Crippen LogP contribution is -2.28. The molecule has 3 aliphatic carbocycles. The molecule has 29 heavy (non-hydrogen) atoms. The number of aliphatic hydroxyl groups excluding tert-OH is 2. The Labute approximate surface area is 176 Å². The van der Waals surface area contributed by atoms with E-state index in [1.165, 1.54) is 24.8 Å². The van der Waals surface area contributed by atoms with Gasteiger partial charge in [-0.25, -0.2) is 0 Å². The van der Waals surface area contributed by atoms with Crippen LogP contribution in [0.2, 0.25) is 0 Å². The summed E-state index contributed by atoms with van der Waals surface area (Å²) in [5, 5.41) is 30.3. The molecular formula is C25H40O4. The summed E-state index contributed by atoms with van der Waals surface area (Å²) in [5.74, 6) is 1.15. The molecule has 0 bridgehead atoms. The number of carboxylic acids is 1. The summed E-state index contributed by atoms with van der Waals surface area (Å²) in [5.41, 5.74) is 1.41. The molecule has 3 fully saturated rings. The molecule has 4 heteroatoms. The fourth-order valence-corrected chi connectivity index (χ4v) is 6.29. The van der Waals surface area contributed by atoms with Crippen LogP contribution >= 0.6 is 0 Å². The van der Waals surface area contributed by atoms with Crippen molar-refractivity contribution in [1.29, 1.82) is 0 Å². The number of fused-ring (bicyclic) bond motifs is 1. The Kier molecular flexibility index (Phi) is 7.61. The summed E-state index contributed by atoms with van der Waals surface area (Å²) in [7, 11) is 0. The van der Waals surface area contributed by atoms with Crippen molar-refractivity contribution >= 4 is 5.97 Å². The second-order valence-electron chi connectivity index (χ2n) is 10.2. The van der Waals surface area contributed by atoms with E-state index in [0.717, 1.165) is 44.4 Å². The molecular weight excluding hydrogens is 364 g/mol. The zero-order valence-corrected chi connectivity index (χ0v) is 18.2. The molecule has 0 spiro atoms. The molecule has 0 amide bonds. The summed E-state index contributed by atoms with van der Waals surface area (Å²) >= 11 is 0. The lowest BCUT2D eigenvalue weighted by molar-refractivity contribution is -0.137. The van der Waals surface area contributed by atoms with Gasteiger partial charge in [0, 0.05) is 12.3 Å². The van der Waals surface area contributed by atoms with Gasteiger partial charge in [0.15, 0.2) is 0 Å². The summed E-state index contributed by atoms with van der Waals surface area (Å²) in [4.78, 5) is 10.7. The number of carboxylic acid groups (broad SMARTS) is 1. The SMILES string of the molecule is CCCC1CCC(C)([C@@H](O)/C=C/[C@@H]2[C@H]3C/C(=C/CCCC(=O)O)C[C@@H]3C[C@H]2O)C1. The minimum absolute atomic E-state index is 0.0236. The van der Waals surface area contributed by atoms with E-state index in [2.05, 4.69) is 26.0 Å². The molecule has 0 aliphatic heterocycles. The highest BCUT2D eigenvalue weighted by atomic mass is 16.4. The van der Waals surface area contributed by atoms with Crippen molar-refractivity contribution in [3.8, 4) is 0 Å². The van der Waals surface area contributed by atoms with E-state index >= 15 is 0 Å². The Morgan fingerprint density at radius 2 is 2.14 bits per heavy atom. The molecule has 3 rings (SSSR count). The molecule has 0 aromatic carbocycles. The number of aliphatic carboxylic acids is 1. The second-order valence-corrected chi connectivity index (χ2v) is 10.2. The maximum atomic E-state index is 10.9. The third-order valence-corrected chi connectivity index (χ3v) is 7.94. The number of allylic oxidation sites excluding steroid dienone is 2. The lowest BCUT2D eigenvalue weighted by atomic mass is 9.80. The van der Waals surface area contributed by atoms with Crippen molar-refractivity contribution in [2.75, 3.05) is 0 Å². The van der Waals surface area contributed by atoms with E-state index in [1.807, 2.05) is 6.08 Å². The first-order valence-corrected chi connectivity index (χ1v) is 11.8. The number of carbonyl (C=O) groups is 1. The first kappa shape index (κ1) is 22.6. The van der Waals surface area contributed by atoms with Crippen LogP contribution in [0.1, 0.15) is 84.5 Å². The molecule has 164 valence electrons. The molecule has 3 saturated carbocycles. The minimum atomic E-state index is -0.726. The largest absolute Gasteiger partial charge is 0.481 e. The van der Waals surface area contributed by atoms with Gasteiger partial charge >= 0.3 is 5.97 Å². The Morgan fingerprint density at radius 3 is 2.86 bits per heavy atom. The lowest BCUT2D eigenvalue weighted by Gasteiger charge is -2.29. The van der Waals surface area contributed by atoms with E-state index in [9.17, 15) is 15.0 Å². The third-order valence-electron chi connectivity index (χ3n) is 7.94. The van der Waals surface area contributed by atoms with Crippen LogP contribution in [-0.2, 0) is 4.79 Å². The van der Waals surface area contributed by atoms with Gasteiger partial charge in [0.25, 0.3) is 0 Å². The Balaban J connectivity index is 1.55. The fraction of sp³-hybridized carbons (Fsp3) is 0.800. The van der Waals surface area contributed by atoms with Crippen molar-refractivity contribution in [2.45, 2.75) is 96.7 Å². The fourth-order valence-electron chi connectivity index (χ4n) is 6.29. The van der Waals surface area contributed by atoms with Crippen molar-refractivity contribution in [1.82, 2.24) is 0 Å². The smallest absolute Gasteiger partial charge is 0.303 e. The molecule has 0 aromatic rings. The molecule has 2 unspecified atom stereocenters. The van der Waals surface area contributed by atoms with Crippen LogP contribution in [0.15, 0.2) is 23.8 Å². The molecule has 0 aromatic heterocycles. The highest BCUT2D eigenvalue weighted by Crippen LogP contribution is 2.51. The van der Waals surface area contributed by atoms with E-state index in [0.29, 0.717) is 18.3 Å². The van der Waals surface area contributed by atoms with Crippen molar-refractivity contribution in [3.63, 3.8) is 0 Å². The van der Waals surface area contributed by atoms with Crippen LogP contribution in [0.3, 0.4) is 0 Å². The third kappa shape index (κ3) is 5.52. The molecule has 0 saturated heterocycles. The van der Waals surface area contributed by atoms with Crippen LogP contribution in [0.4, 0.5) is 0 Å². The quantitative estimate of drug-likeness (QED) is 0.369. The van der Waals surface area contributed by atoms with Gasteiger partial charge in [-0.1, -0.05) is 50.5 Å². The van der Waals surface area contributed by atoms with Gasteiger partial charge < -0.3 is 15.3 Å². The van der Waals surface area contributed by atoms with Crippen molar-refractivity contribution in [3.05, 3.63) is 23.8 Å². The molecule has 4 nitrogen and oxygen atoms in total. The van der Waals surface area contributed by atoms with Gasteiger partial charge in [-0.15, -0.1) is 0 Å². The van der Waals surface area contributed by atoms with E-state index < -0.39 is 12.1 Å². The van der Waals surface area contributed by atoms with Crippen LogP contribution in [0.25, 0.3) is 0 Å². The zero-order chi connectivity index (χ0) is 21.0. The highest BCUT2D eigenvalue weighted by Gasteiger charge is 2.45. The average Bonchev–Trinajstić information content (AvgIpc) is 3.31. The predicted molar refractivity (Wildman–Crippen MR) is 115 cm³/mol. The normalized spacial score (nSPS) is 39.4. The van der Waals surface area contributed by atoms with Gasteiger partial charge in [0.1, 0.15) is 0 Å². The van der Waals surface area contributed by atoms with E-state index in [4.69, 9.17) is 5.11 Å². The maximum Gasteiger partial charge on any atom is 0.303 e. The molecule has 0 radical (unpaired) electrons. The summed E-state index contributed by atoms with van der Waals surface area (Å²) in [6.45, 7) is 4.46. The van der Waals surface area contributed by atoms with Crippen LogP contribution in [0.5, 0.6) is 0 Å². The first-order valence-electron chi connectivity index (χ1n) is 11.8. The number of rotatable bonds is 9. The molecule has 3 N–H and O–H groups in total. The highest BCUT2D eigenvalue weighted by molar-refractivity contribution is 5.66. The monoisotopic (exact) mass is 404 g/mol. The molecule has 0 heterocycles. The predicted octanol–water partition coefficient (Wildman–Crippen LogP) is 5.10. The molecule has 3 aliphatic rings. The van der Waals surface area contributed by atoms with Gasteiger partial charge in [-0.05, 0) is 74.5 Å². The zero-order valence-electron chi connectivity index (χ0n) is 18.2. The Morgan fingerprint density at radius 1 is 1.34 bits per heavy atom. The topological polar surface area (TPSA) is 77.8 Å². The Hall–Kier alpha value is -1.13. The summed E-state index contributed by atoms with van der Waals surface area (Å²) in [6, 6.07) is 0. The van der Waals surface area contributed by atoms with Gasteiger partial charge in [0.2, 0.25) is 0 Å². The van der Waals surface area contributed by atoms with Crippen molar-refractivity contribution < 1.29 is 20.1 Å². The average molecular weight is 405 g/mol. The van der Waals surface area contributed by atoms with Crippen molar-refractivity contribution in [2.24, 2.45) is 29.1 Å². The molecule has 7 atom stereocenters. The number of hydrogen-bond acceptors (Lipinski definition) is 3. The summed E-state index contributed by atoms with van der Waals surface area (Å²) < 4.78 is 0. The van der Waals surface area contributed by atoms with Gasteiger partial charge in [0.05, 0.1) is 12.2 Å². The standard InChI is InChI=1S/C25H40O4/c1-3-6-17-11-12-25(2,16-17)23(27)10-9-20-21-14-18(7-4-5-8-24(28)29)13-19(21)15-22(20)26/h7,9-10,17,19-23,26-27H,3-6,8,11-16H2,1-2H3,(H,28,29)/b10-9+,18-7+/t17?,19-,20-,21+,22-,23+,25?/m1/s1. The van der Waals surface area contributed by atoms with E-state index in [-0.39, 0.29) is 23.9 Å². The minimum Gasteiger partial charge on any atom is -0.481 e. The number of unbranched alkanes of at least 4 members (excludes halogenated alkanes) is 1. The van der Waals surface area contributed by atoms with Crippen LogP contribution in [-0.4, -0.2) is 33.5 Å². The van der Waals surface area contributed by atoms with Gasteiger partial charge in [-0.3, -0.25) is 4.79 Å². The second kappa shape index (κ2) is 9.78.